The highest BCUT2D eigenvalue weighted by Crippen LogP contribution is 2.31. The van der Waals surface area contributed by atoms with E-state index in [-0.39, 0.29) is 24.4 Å². The summed E-state index contributed by atoms with van der Waals surface area (Å²) >= 11 is 0. The number of alkyl halides is 6. The van der Waals surface area contributed by atoms with E-state index in [1.165, 1.54) is 11.0 Å². The third-order valence-corrected chi connectivity index (χ3v) is 3.95. The first-order valence-corrected chi connectivity index (χ1v) is 8.02. The van der Waals surface area contributed by atoms with Gasteiger partial charge in [-0.15, -0.1) is 0 Å². The van der Waals surface area contributed by atoms with Crippen molar-refractivity contribution in [1.82, 2.24) is 15.5 Å². The van der Waals surface area contributed by atoms with E-state index in [2.05, 4.69) is 5.32 Å². The molecule has 0 spiro atoms. The average molecular weight is 397 g/mol. The van der Waals surface area contributed by atoms with E-state index in [1.807, 2.05) is 0 Å². The maximum Gasteiger partial charge on any atom is 0.416 e. The Labute approximate surface area is 150 Å². The van der Waals surface area contributed by atoms with Gasteiger partial charge in [0.1, 0.15) is 6.54 Å². The predicted molar refractivity (Wildman–Crippen MR) is 82.6 cm³/mol. The van der Waals surface area contributed by atoms with E-state index in [4.69, 9.17) is 0 Å². The number of carbonyl (C=O) groups is 2. The number of nitrogens with zero attached hydrogens (tertiary/aromatic N) is 1. The number of hydrogen-bond acceptors (Lipinski definition) is 2. The van der Waals surface area contributed by atoms with Crippen molar-refractivity contribution in [3.8, 4) is 0 Å². The van der Waals surface area contributed by atoms with Crippen molar-refractivity contribution in [3.63, 3.8) is 0 Å². The van der Waals surface area contributed by atoms with Crippen LogP contribution < -0.4 is 10.6 Å². The van der Waals surface area contributed by atoms with Crippen molar-refractivity contribution in [1.29, 1.82) is 0 Å². The first-order valence-electron chi connectivity index (χ1n) is 8.02. The van der Waals surface area contributed by atoms with Crippen LogP contribution in [0, 0.1) is 0 Å². The fourth-order valence-electron chi connectivity index (χ4n) is 2.67. The van der Waals surface area contributed by atoms with Crippen LogP contribution in [0.3, 0.4) is 0 Å². The molecule has 1 unspecified atom stereocenters. The SMILES string of the molecule is O=C(NCC(F)(F)F)NC(CN1CCCC1=O)c1cccc(C(F)(F)F)c1. The minimum absolute atomic E-state index is 0.0340. The standard InChI is InChI=1S/C16H17F6N3O2/c17-15(18,19)9-23-14(27)24-12(8-25-6-2-5-13(25)26)10-3-1-4-11(7-10)16(20,21)22/h1,3-4,7,12H,2,5-6,8-9H2,(H2,23,24,27). The van der Waals surface area contributed by atoms with Crippen molar-refractivity contribution >= 4 is 11.9 Å². The predicted octanol–water partition coefficient (Wildman–Crippen LogP) is 3.23. The number of carbonyl (C=O) groups excluding carboxylic acids is 2. The van der Waals surface area contributed by atoms with Crippen molar-refractivity contribution < 1.29 is 35.9 Å². The van der Waals surface area contributed by atoms with Gasteiger partial charge in [0.05, 0.1) is 11.6 Å². The Morgan fingerprint density at radius 2 is 1.89 bits per heavy atom. The fourth-order valence-corrected chi connectivity index (χ4v) is 2.67. The molecular formula is C16H17F6N3O2. The Morgan fingerprint density at radius 3 is 2.44 bits per heavy atom. The van der Waals surface area contributed by atoms with E-state index in [1.54, 1.807) is 5.32 Å². The summed E-state index contributed by atoms with van der Waals surface area (Å²) in [6.07, 6.45) is -8.42. The molecule has 11 heteroatoms. The van der Waals surface area contributed by atoms with Crippen molar-refractivity contribution in [2.75, 3.05) is 19.6 Å². The summed E-state index contributed by atoms with van der Waals surface area (Å²) in [6.45, 7) is -1.36. The molecule has 27 heavy (non-hydrogen) atoms. The molecule has 1 aliphatic rings. The van der Waals surface area contributed by atoms with E-state index < -0.39 is 36.5 Å². The van der Waals surface area contributed by atoms with Gasteiger partial charge in [-0.2, -0.15) is 26.3 Å². The maximum absolute atomic E-state index is 12.9. The Balaban J connectivity index is 2.19. The van der Waals surface area contributed by atoms with Crippen LogP contribution in [-0.2, 0) is 11.0 Å². The molecule has 1 aliphatic heterocycles. The lowest BCUT2D eigenvalue weighted by atomic mass is 10.0. The third-order valence-electron chi connectivity index (χ3n) is 3.95. The van der Waals surface area contributed by atoms with Gasteiger partial charge < -0.3 is 15.5 Å². The van der Waals surface area contributed by atoms with Crippen LogP contribution in [0.5, 0.6) is 0 Å². The summed E-state index contributed by atoms with van der Waals surface area (Å²) in [7, 11) is 0. The molecule has 0 aromatic heterocycles. The van der Waals surface area contributed by atoms with Crippen LogP contribution in [0.15, 0.2) is 24.3 Å². The number of urea groups is 1. The molecule has 1 saturated heterocycles. The molecule has 1 atom stereocenters. The highest BCUT2D eigenvalue weighted by Gasteiger charge is 2.33. The fraction of sp³-hybridized carbons (Fsp3) is 0.500. The van der Waals surface area contributed by atoms with Gasteiger partial charge in [-0.1, -0.05) is 12.1 Å². The van der Waals surface area contributed by atoms with Crippen LogP contribution in [0.2, 0.25) is 0 Å². The largest absolute Gasteiger partial charge is 0.416 e. The molecule has 0 saturated carbocycles. The molecule has 0 radical (unpaired) electrons. The van der Waals surface area contributed by atoms with E-state index in [0.29, 0.717) is 13.0 Å². The zero-order valence-corrected chi connectivity index (χ0v) is 14.0. The highest BCUT2D eigenvalue weighted by molar-refractivity contribution is 5.78. The number of rotatable bonds is 5. The quantitative estimate of drug-likeness (QED) is 0.750. The molecule has 0 aliphatic carbocycles. The molecule has 2 rings (SSSR count). The normalized spacial score (nSPS) is 16.4. The van der Waals surface area contributed by atoms with Crippen LogP contribution in [0.25, 0.3) is 0 Å². The number of nitrogens with one attached hydrogen (secondary N) is 2. The Kier molecular flexibility index (Phi) is 6.22. The van der Waals surface area contributed by atoms with Gasteiger partial charge in [0.15, 0.2) is 0 Å². The average Bonchev–Trinajstić information content (AvgIpc) is 2.96. The van der Waals surface area contributed by atoms with Crippen molar-refractivity contribution in [2.45, 2.75) is 31.2 Å². The lowest BCUT2D eigenvalue weighted by molar-refractivity contribution is -0.137. The van der Waals surface area contributed by atoms with Crippen LogP contribution >= 0.6 is 0 Å². The molecule has 1 fully saturated rings. The summed E-state index contributed by atoms with van der Waals surface area (Å²) in [5, 5.41) is 3.82. The maximum atomic E-state index is 12.9. The molecular weight excluding hydrogens is 380 g/mol. The second kappa shape index (κ2) is 8.05. The van der Waals surface area contributed by atoms with Gasteiger partial charge in [-0.25, -0.2) is 4.79 Å². The molecule has 5 nitrogen and oxygen atoms in total. The molecule has 1 heterocycles. The second-order valence-electron chi connectivity index (χ2n) is 6.06. The van der Waals surface area contributed by atoms with Gasteiger partial charge in [-0.3, -0.25) is 4.79 Å². The second-order valence-corrected chi connectivity index (χ2v) is 6.06. The molecule has 1 aromatic rings. The van der Waals surface area contributed by atoms with E-state index >= 15 is 0 Å². The monoisotopic (exact) mass is 397 g/mol. The lowest BCUT2D eigenvalue weighted by Gasteiger charge is -2.26. The lowest BCUT2D eigenvalue weighted by Crippen LogP contribution is -2.45. The van der Waals surface area contributed by atoms with Crippen molar-refractivity contribution in [2.24, 2.45) is 0 Å². The number of benzene rings is 1. The summed E-state index contributed by atoms with van der Waals surface area (Å²) < 4.78 is 75.4. The minimum Gasteiger partial charge on any atom is -0.340 e. The van der Waals surface area contributed by atoms with E-state index in [9.17, 15) is 35.9 Å². The molecule has 0 bridgehead atoms. The zero-order chi connectivity index (χ0) is 20.2. The van der Waals surface area contributed by atoms with Gasteiger partial charge in [0.2, 0.25) is 5.91 Å². The third kappa shape index (κ3) is 6.33. The molecule has 3 amide bonds. The van der Waals surface area contributed by atoms with Gasteiger partial charge in [-0.05, 0) is 24.1 Å². The summed E-state index contributed by atoms with van der Waals surface area (Å²) in [4.78, 5) is 24.9. The smallest absolute Gasteiger partial charge is 0.340 e. The molecule has 1 aromatic carbocycles. The zero-order valence-electron chi connectivity index (χ0n) is 14.0. The first-order chi connectivity index (χ1) is 12.5. The van der Waals surface area contributed by atoms with Crippen LogP contribution in [0.4, 0.5) is 31.1 Å². The van der Waals surface area contributed by atoms with Crippen LogP contribution in [-0.4, -0.2) is 42.6 Å². The molecule has 150 valence electrons. The van der Waals surface area contributed by atoms with E-state index in [0.717, 1.165) is 18.2 Å². The summed E-state index contributed by atoms with van der Waals surface area (Å²) in [5.74, 6) is -0.232. The molecule has 2 N–H and O–H groups in total. The van der Waals surface area contributed by atoms with Crippen LogP contribution in [0.1, 0.15) is 30.0 Å². The topological polar surface area (TPSA) is 61.4 Å². The summed E-state index contributed by atoms with van der Waals surface area (Å²) in [6, 6.07) is 1.79. The van der Waals surface area contributed by atoms with Gasteiger partial charge >= 0.3 is 18.4 Å². The Bertz CT molecular complexity index is 689. The highest BCUT2D eigenvalue weighted by atomic mass is 19.4. The number of hydrogen-bond donors (Lipinski definition) is 2. The number of likely N-dealkylation sites (tertiary alicyclic amines) is 1. The minimum atomic E-state index is -4.63. The first kappa shape index (κ1) is 20.8. The Morgan fingerprint density at radius 1 is 1.19 bits per heavy atom. The van der Waals surface area contributed by atoms with Crippen molar-refractivity contribution in [3.05, 3.63) is 35.4 Å². The van der Waals surface area contributed by atoms with Gasteiger partial charge in [0.25, 0.3) is 0 Å². The Hall–Kier alpha value is -2.46. The number of halogens is 6. The number of amides is 3. The van der Waals surface area contributed by atoms with Gasteiger partial charge in [0, 0.05) is 19.5 Å². The summed E-state index contributed by atoms with van der Waals surface area (Å²) in [5.41, 5.74) is -0.929.